The Morgan fingerprint density at radius 2 is 1.97 bits per heavy atom. The molecule has 9 heteroatoms. The number of halogens is 2. The van der Waals surface area contributed by atoms with E-state index in [0.29, 0.717) is 40.5 Å². The Bertz CT molecular complexity index is 1390. The summed E-state index contributed by atoms with van der Waals surface area (Å²) in [6.07, 6.45) is 4.08. The molecule has 1 aliphatic rings. The molecule has 5 rings (SSSR count). The fourth-order valence-corrected chi connectivity index (χ4v) is 4.50. The first kappa shape index (κ1) is 20.8. The summed E-state index contributed by atoms with van der Waals surface area (Å²) < 4.78 is 16.4. The third kappa shape index (κ3) is 3.40. The summed E-state index contributed by atoms with van der Waals surface area (Å²) in [6, 6.07) is 6.11. The van der Waals surface area contributed by atoms with Crippen LogP contribution in [0, 0.1) is 12.7 Å². The standard InChI is InChI=1S/C23H21ClFN5O2/c1-11-14-4-5-30(23(14)28-10-27-11)19-8-13(20(31)21(19)32)3-2-12-6-17(25)15-9-16(24)22(26)29-18(15)7-12/h4-10,19-21,31-32H,2-3H2,1H3,(H2,26,29)/t19?,20?,21-/m1/s1. The van der Waals surface area contributed by atoms with E-state index in [4.69, 9.17) is 17.3 Å². The van der Waals surface area contributed by atoms with Gasteiger partial charge in [-0.2, -0.15) is 0 Å². The number of aryl methyl sites for hydroxylation is 2. The highest BCUT2D eigenvalue weighted by atomic mass is 35.5. The maximum absolute atomic E-state index is 14.6. The Labute approximate surface area is 188 Å². The van der Waals surface area contributed by atoms with Crippen LogP contribution < -0.4 is 5.73 Å². The second kappa shape index (κ2) is 7.81. The predicted molar refractivity (Wildman–Crippen MR) is 121 cm³/mol. The van der Waals surface area contributed by atoms with Gasteiger partial charge in [0.15, 0.2) is 0 Å². The van der Waals surface area contributed by atoms with E-state index >= 15 is 0 Å². The van der Waals surface area contributed by atoms with E-state index in [1.807, 2.05) is 29.8 Å². The third-order valence-corrected chi connectivity index (χ3v) is 6.40. The molecule has 0 spiro atoms. The van der Waals surface area contributed by atoms with Gasteiger partial charge in [0.1, 0.15) is 35.8 Å². The minimum Gasteiger partial charge on any atom is -0.388 e. The quantitative estimate of drug-likeness (QED) is 0.408. The number of aliphatic hydroxyl groups is 2. The highest BCUT2D eigenvalue weighted by molar-refractivity contribution is 6.33. The molecule has 0 saturated carbocycles. The monoisotopic (exact) mass is 453 g/mol. The van der Waals surface area contributed by atoms with Crippen molar-refractivity contribution < 1.29 is 14.6 Å². The Kier molecular flexibility index (Phi) is 5.08. The largest absolute Gasteiger partial charge is 0.388 e. The smallest absolute Gasteiger partial charge is 0.144 e. The van der Waals surface area contributed by atoms with Gasteiger partial charge in [0.05, 0.1) is 22.3 Å². The summed E-state index contributed by atoms with van der Waals surface area (Å²) in [5, 5.41) is 22.8. The molecule has 0 fully saturated rings. The number of fused-ring (bicyclic) bond motifs is 2. The first-order valence-electron chi connectivity index (χ1n) is 10.2. The Morgan fingerprint density at radius 1 is 1.16 bits per heavy atom. The minimum absolute atomic E-state index is 0.147. The van der Waals surface area contributed by atoms with E-state index in [0.717, 1.165) is 11.1 Å². The van der Waals surface area contributed by atoms with Gasteiger partial charge in [-0.15, -0.1) is 0 Å². The van der Waals surface area contributed by atoms with Gasteiger partial charge in [-0.1, -0.05) is 17.7 Å². The number of hydrogen-bond acceptors (Lipinski definition) is 6. The lowest BCUT2D eigenvalue weighted by Gasteiger charge is -2.19. The molecule has 1 aliphatic carbocycles. The van der Waals surface area contributed by atoms with E-state index < -0.39 is 24.1 Å². The van der Waals surface area contributed by atoms with Crippen molar-refractivity contribution in [1.29, 1.82) is 0 Å². The molecule has 0 aliphatic heterocycles. The van der Waals surface area contributed by atoms with Crippen LogP contribution in [0.15, 0.2) is 48.4 Å². The maximum atomic E-state index is 14.6. The van der Waals surface area contributed by atoms with Crippen molar-refractivity contribution in [3.63, 3.8) is 0 Å². The number of nitrogens with zero attached hydrogens (tertiary/aromatic N) is 4. The van der Waals surface area contributed by atoms with Crippen LogP contribution in [0.25, 0.3) is 21.9 Å². The number of anilines is 1. The molecule has 0 radical (unpaired) electrons. The highest BCUT2D eigenvalue weighted by Gasteiger charge is 2.36. The summed E-state index contributed by atoms with van der Waals surface area (Å²) in [5.41, 5.74) is 9.14. The number of nitrogens with two attached hydrogens (primary N) is 1. The SMILES string of the molecule is Cc1ncnc2c1ccn2C1C=C(CCc2cc(F)c3cc(Cl)c(N)nc3c2)C(O)[C@@H]1O. The number of hydrogen-bond donors (Lipinski definition) is 3. The van der Waals surface area contributed by atoms with Crippen LogP contribution in [0.1, 0.15) is 23.7 Å². The Morgan fingerprint density at radius 3 is 2.78 bits per heavy atom. The number of pyridine rings is 1. The number of benzene rings is 1. The van der Waals surface area contributed by atoms with Gasteiger partial charge in [0.2, 0.25) is 0 Å². The zero-order valence-corrected chi connectivity index (χ0v) is 18.0. The number of rotatable bonds is 4. The molecule has 3 atom stereocenters. The van der Waals surface area contributed by atoms with Crippen LogP contribution >= 0.6 is 11.6 Å². The van der Waals surface area contributed by atoms with Crippen LogP contribution in [0.2, 0.25) is 5.02 Å². The van der Waals surface area contributed by atoms with Crippen LogP contribution in [0.5, 0.6) is 0 Å². The normalized spacial score (nSPS) is 20.9. The summed E-state index contributed by atoms with van der Waals surface area (Å²) in [4.78, 5) is 12.7. The second-order valence-electron chi connectivity index (χ2n) is 8.09. The molecule has 32 heavy (non-hydrogen) atoms. The lowest BCUT2D eigenvalue weighted by atomic mass is 10.0. The molecule has 3 aromatic heterocycles. The summed E-state index contributed by atoms with van der Waals surface area (Å²) in [6.45, 7) is 1.90. The van der Waals surface area contributed by atoms with Gasteiger partial charge in [-0.3, -0.25) is 0 Å². The van der Waals surface area contributed by atoms with Gasteiger partial charge >= 0.3 is 0 Å². The van der Waals surface area contributed by atoms with E-state index in [9.17, 15) is 14.6 Å². The lowest BCUT2D eigenvalue weighted by molar-refractivity contribution is 0.0317. The topological polar surface area (TPSA) is 110 Å². The predicted octanol–water partition coefficient (Wildman–Crippen LogP) is 3.50. The average molecular weight is 454 g/mol. The Balaban J connectivity index is 1.42. The Hall–Kier alpha value is -3.07. The average Bonchev–Trinajstić information content (AvgIpc) is 3.31. The number of nitrogen functional groups attached to an aromatic ring is 1. The van der Waals surface area contributed by atoms with Crippen LogP contribution in [-0.4, -0.2) is 41.9 Å². The van der Waals surface area contributed by atoms with E-state index in [1.165, 1.54) is 18.5 Å². The maximum Gasteiger partial charge on any atom is 0.144 e. The van der Waals surface area contributed by atoms with Crippen molar-refractivity contribution in [1.82, 2.24) is 19.5 Å². The van der Waals surface area contributed by atoms with Crippen molar-refractivity contribution in [2.45, 2.75) is 38.0 Å². The molecule has 1 aromatic carbocycles. The van der Waals surface area contributed by atoms with Crippen LogP contribution in [0.3, 0.4) is 0 Å². The summed E-state index contributed by atoms with van der Waals surface area (Å²) >= 11 is 5.95. The van der Waals surface area contributed by atoms with Crippen LogP contribution in [-0.2, 0) is 6.42 Å². The first-order valence-corrected chi connectivity index (χ1v) is 10.6. The van der Waals surface area contributed by atoms with E-state index in [1.54, 1.807) is 6.07 Å². The molecular weight excluding hydrogens is 433 g/mol. The van der Waals surface area contributed by atoms with Crippen molar-refractivity contribution in [3.8, 4) is 0 Å². The van der Waals surface area contributed by atoms with Crippen LogP contribution in [0.4, 0.5) is 10.2 Å². The zero-order chi connectivity index (χ0) is 22.6. The van der Waals surface area contributed by atoms with Gasteiger partial charge < -0.3 is 20.5 Å². The van der Waals surface area contributed by atoms with Gasteiger partial charge in [-0.05, 0) is 55.2 Å². The minimum atomic E-state index is -1.02. The van der Waals surface area contributed by atoms with E-state index in [2.05, 4.69) is 15.0 Å². The molecule has 2 unspecified atom stereocenters. The third-order valence-electron chi connectivity index (χ3n) is 6.09. The molecular formula is C23H21ClFN5O2. The fourth-order valence-electron chi connectivity index (χ4n) is 4.35. The molecule has 0 saturated heterocycles. The summed E-state index contributed by atoms with van der Waals surface area (Å²) in [5.74, 6) is -0.284. The molecule has 0 amide bonds. The second-order valence-corrected chi connectivity index (χ2v) is 8.49. The number of aliphatic hydroxyl groups excluding tert-OH is 2. The van der Waals surface area contributed by atoms with Crippen molar-refractivity contribution in [2.24, 2.45) is 0 Å². The van der Waals surface area contributed by atoms with Gasteiger partial charge in [0.25, 0.3) is 0 Å². The fraction of sp³-hybridized carbons (Fsp3) is 0.261. The zero-order valence-electron chi connectivity index (χ0n) is 17.2. The van der Waals surface area contributed by atoms with Crippen molar-refractivity contribution in [3.05, 3.63) is 70.5 Å². The number of aromatic nitrogens is 4. The lowest BCUT2D eigenvalue weighted by Crippen LogP contribution is -2.29. The first-order chi connectivity index (χ1) is 15.3. The molecule has 4 aromatic rings. The van der Waals surface area contributed by atoms with Crippen molar-refractivity contribution in [2.75, 3.05) is 5.73 Å². The van der Waals surface area contributed by atoms with E-state index in [-0.39, 0.29) is 10.8 Å². The molecule has 4 N–H and O–H groups in total. The highest BCUT2D eigenvalue weighted by Crippen LogP contribution is 2.35. The molecule has 3 heterocycles. The van der Waals surface area contributed by atoms with Crippen molar-refractivity contribution >= 4 is 39.4 Å². The molecule has 164 valence electrons. The molecule has 0 bridgehead atoms. The molecule has 7 nitrogen and oxygen atoms in total. The van der Waals surface area contributed by atoms with Gasteiger partial charge in [-0.25, -0.2) is 19.3 Å². The summed E-state index contributed by atoms with van der Waals surface area (Å²) in [7, 11) is 0. The van der Waals surface area contributed by atoms with Gasteiger partial charge in [0, 0.05) is 17.0 Å².